The van der Waals surface area contributed by atoms with E-state index in [1.54, 1.807) is 0 Å². The zero-order valence-corrected chi connectivity index (χ0v) is 79.6. The quantitative estimate of drug-likeness (QED) is 0.0249. The number of hydrogen-bond donors (Lipinski definition) is 0. The molecule has 0 aromatic carbocycles. The van der Waals surface area contributed by atoms with Crippen LogP contribution in [0.2, 0.25) is 0 Å². The van der Waals surface area contributed by atoms with Crippen molar-refractivity contribution in [2.24, 2.45) is 0 Å². The molecule has 0 heterocycles. The Balaban J connectivity index is -0.00000200. The van der Waals surface area contributed by atoms with Gasteiger partial charge in [-0.05, 0) is 25.7 Å². The molecule has 0 bridgehead atoms. The Kier molecular flexibility index (Phi) is 108. The number of rotatable bonds is 96. The molecule has 0 rings (SSSR count). The molecular weight excluding hydrogens is 1500 g/mol. The van der Waals surface area contributed by atoms with Crippen LogP contribution >= 0.6 is 11.4 Å². The van der Waals surface area contributed by atoms with E-state index >= 15 is 0 Å². The van der Waals surface area contributed by atoms with E-state index in [2.05, 4.69) is 27.7 Å². The molecule has 0 spiro atoms. The molecule has 0 saturated heterocycles. The van der Waals surface area contributed by atoms with E-state index in [9.17, 15) is 0 Å². The van der Waals surface area contributed by atoms with Crippen LogP contribution in [0.5, 0.6) is 0 Å². The van der Waals surface area contributed by atoms with Crippen molar-refractivity contribution in [2.45, 2.75) is 439 Å². The van der Waals surface area contributed by atoms with Crippen LogP contribution in [0.25, 0.3) is 0 Å². The first-order valence-electron chi connectivity index (χ1n) is 46.1. The largest absolute Gasteiger partial charge is 2.00 e. The van der Waals surface area contributed by atoms with E-state index in [1.807, 2.05) is 0 Å². The Hall–Kier alpha value is 2.14. The fourth-order valence-corrected chi connectivity index (χ4v) is 16.3. The molecule has 0 saturated carbocycles. The van der Waals surface area contributed by atoms with Crippen molar-refractivity contribution >= 4 is 59.5 Å². The van der Waals surface area contributed by atoms with Crippen LogP contribution in [0.3, 0.4) is 0 Å². The molecule has 12 nitrogen and oxygen atoms in total. The summed E-state index contributed by atoms with van der Waals surface area (Å²) in [5.74, 6) is 0. The first-order valence-corrected chi connectivity index (χ1v) is 53.4. The van der Waals surface area contributed by atoms with Crippen LogP contribution in [-0.4, -0.2) is 132 Å². The fourth-order valence-electron chi connectivity index (χ4n) is 13.2. The van der Waals surface area contributed by atoms with Gasteiger partial charge < -0.3 is 80.5 Å². The van der Waals surface area contributed by atoms with Gasteiger partial charge >= 0.3 is 19.5 Å². The maximum Gasteiger partial charge on any atom is 2.00 e. The third kappa shape index (κ3) is 108. The van der Waals surface area contributed by atoms with Crippen molar-refractivity contribution in [3.8, 4) is 0 Å². The first kappa shape index (κ1) is 113. The SMILES string of the molecule is CCCCCCCCCCCCCCCCCCOCCOCCOP(=S)([S-])OCCOCCOCCCCCCCCCCCCCCCCCC.CCCCCCCCCCCCCCCCCCOCCOCCOP(=S)([S-])OCCOCCOCCCCCCCCCCCCCCCCCC.[Zn+2]. The van der Waals surface area contributed by atoms with Gasteiger partial charge in [0.25, 0.3) is 0 Å². The maximum absolute atomic E-state index is 5.71. The minimum atomic E-state index is -2.69. The second-order valence-corrected chi connectivity index (χ2v) is 40.3. The third-order valence-corrected chi connectivity index (χ3v) is 24.5. The molecule has 0 aliphatic heterocycles. The van der Waals surface area contributed by atoms with Crippen LogP contribution in [0.15, 0.2) is 0 Å². The maximum atomic E-state index is 5.71. The van der Waals surface area contributed by atoms with Gasteiger partial charge in [0.2, 0.25) is 0 Å². The molecule has 0 aromatic rings. The minimum absolute atomic E-state index is 0. The second-order valence-electron chi connectivity index (χ2n) is 30.3. The monoisotopic (exact) mass is 1680 g/mol. The normalized spacial score (nSPS) is 11.9. The van der Waals surface area contributed by atoms with Gasteiger partial charge in [-0.2, -0.15) is 0 Å². The number of hydrogen-bond acceptors (Lipinski definition) is 16. The van der Waals surface area contributed by atoms with Crippen LogP contribution < -0.4 is 0 Å². The molecule has 0 aromatic heterocycles. The zero-order valence-electron chi connectivity index (χ0n) is 71.5. The molecular formula is C88H180O12P2S4Zn. The average Bonchev–Trinajstić information content (AvgIpc) is 0.962. The van der Waals surface area contributed by atoms with Gasteiger partial charge in [-0.15, -0.1) is 0 Å². The zero-order chi connectivity index (χ0) is 76.9. The summed E-state index contributed by atoms with van der Waals surface area (Å²) in [6.07, 6.45) is 88.6. The molecule has 0 aliphatic carbocycles. The molecule has 0 aliphatic rings. The first-order chi connectivity index (χ1) is 52.2. The van der Waals surface area contributed by atoms with Crippen LogP contribution in [0.4, 0.5) is 0 Å². The summed E-state index contributed by atoms with van der Waals surface area (Å²) in [5.41, 5.74) is -5.38. The van der Waals surface area contributed by atoms with Crippen molar-refractivity contribution in [3.63, 3.8) is 0 Å². The van der Waals surface area contributed by atoms with E-state index < -0.39 is 11.4 Å². The van der Waals surface area contributed by atoms with Crippen molar-refractivity contribution in [2.75, 3.05) is 132 Å². The molecule has 640 valence electrons. The van der Waals surface area contributed by atoms with Crippen molar-refractivity contribution in [3.05, 3.63) is 0 Å². The van der Waals surface area contributed by atoms with Crippen LogP contribution in [0.1, 0.15) is 439 Å². The summed E-state index contributed by atoms with van der Waals surface area (Å²) in [7, 11) is 0. The Morgan fingerprint density at radius 1 is 0.150 bits per heavy atom. The molecule has 107 heavy (non-hydrogen) atoms. The van der Waals surface area contributed by atoms with Gasteiger partial charge in [0, 0.05) is 26.4 Å². The van der Waals surface area contributed by atoms with Gasteiger partial charge in [-0.3, -0.25) is 0 Å². The summed E-state index contributed by atoms with van der Waals surface area (Å²) < 4.78 is 67.6. The van der Waals surface area contributed by atoms with Gasteiger partial charge in [0.15, 0.2) is 0 Å². The van der Waals surface area contributed by atoms with Gasteiger partial charge in [0.1, 0.15) is 0 Å². The summed E-state index contributed by atoms with van der Waals surface area (Å²) in [5, 5.41) is 0. The predicted octanol–water partition coefficient (Wildman–Crippen LogP) is 28.8. The molecule has 0 radical (unpaired) electrons. The third-order valence-electron chi connectivity index (χ3n) is 20.0. The summed E-state index contributed by atoms with van der Waals surface area (Å²) in [6, 6.07) is 0. The summed E-state index contributed by atoms with van der Waals surface area (Å²) in [6.45, 7) is 20.2. The Morgan fingerprint density at radius 3 is 0.364 bits per heavy atom. The summed E-state index contributed by atoms with van der Waals surface area (Å²) >= 11 is 21.3. The Bertz CT molecular complexity index is 1450. The number of ether oxygens (including phenoxy) is 8. The van der Waals surface area contributed by atoms with Gasteiger partial charge in [-0.1, -0.05) is 437 Å². The topological polar surface area (TPSA) is 111 Å². The summed E-state index contributed by atoms with van der Waals surface area (Å²) in [4.78, 5) is 0. The molecule has 0 unspecified atom stereocenters. The van der Waals surface area contributed by atoms with Crippen molar-refractivity contribution < 1.29 is 75.5 Å². The molecule has 0 atom stereocenters. The Labute approximate surface area is 700 Å². The average molecular weight is 1690 g/mol. The smallest absolute Gasteiger partial charge is 0.691 e. The minimum Gasteiger partial charge on any atom is -0.691 e. The molecule has 0 fully saturated rings. The van der Waals surface area contributed by atoms with E-state index in [0.29, 0.717) is 106 Å². The second kappa shape index (κ2) is 102. The van der Waals surface area contributed by atoms with E-state index in [4.69, 9.17) is 104 Å². The molecule has 0 amide bonds. The van der Waals surface area contributed by atoms with E-state index in [1.165, 1.54) is 385 Å². The molecule has 0 N–H and O–H groups in total. The van der Waals surface area contributed by atoms with E-state index in [-0.39, 0.29) is 19.5 Å². The van der Waals surface area contributed by atoms with Crippen LogP contribution in [0, 0.1) is 0 Å². The fraction of sp³-hybridized carbons (Fsp3) is 1.00. The predicted molar refractivity (Wildman–Crippen MR) is 472 cm³/mol. The van der Waals surface area contributed by atoms with Crippen LogP contribution in [-0.2, 0) is 124 Å². The Morgan fingerprint density at radius 2 is 0.243 bits per heavy atom. The van der Waals surface area contributed by atoms with Crippen molar-refractivity contribution in [1.29, 1.82) is 0 Å². The number of unbranched alkanes of at least 4 members (excludes halogenated alkanes) is 60. The van der Waals surface area contributed by atoms with Crippen molar-refractivity contribution in [1.82, 2.24) is 0 Å². The van der Waals surface area contributed by atoms with E-state index in [0.717, 1.165) is 52.1 Å². The standard InChI is InChI=1S/2C44H91O6PS2.Zn/c2*1-3-5-7-9-11-13-15-17-19-21-23-25-27-29-31-33-35-45-37-39-47-41-43-49-51(52,53)50-44-42-48-40-38-46-36-34-32-30-28-26-24-22-20-18-16-14-12-10-8-6-4-2;/h2*3-44H2,1-2H3,(H,52,53);/q;;+2/p-2. The molecule has 19 heteroatoms. The van der Waals surface area contributed by atoms with Gasteiger partial charge in [0.05, 0.1) is 117 Å². The van der Waals surface area contributed by atoms with Gasteiger partial charge in [-0.25, -0.2) is 0 Å².